The van der Waals surface area contributed by atoms with E-state index >= 15 is 0 Å². The quantitative estimate of drug-likeness (QED) is 0.590. The number of nitrogens with zero attached hydrogens (tertiary/aromatic N) is 1. The fourth-order valence-corrected chi connectivity index (χ4v) is 1.29. The lowest BCUT2D eigenvalue weighted by molar-refractivity contribution is -0.128. The molecule has 0 spiro atoms. The van der Waals surface area contributed by atoms with E-state index in [-0.39, 0.29) is 5.91 Å². The molecule has 1 heterocycles. The molecule has 0 aromatic rings. The maximum Gasteiger partial charge on any atom is 0.223 e. The Kier molecular flexibility index (Phi) is 3.14. The molecule has 11 heavy (non-hydrogen) atoms. The van der Waals surface area contributed by atoms with Gasteiger partial charge in [-0.2, -0.15) is 0 Å². The molecular formula is C9H14NO. The Labute approximate surface area is 67.9 Å². The second-order valence-electron chi connectivity index (χ2n) is 2.78. The minimum atomic E-state index is 0.238. The second kappa shape index (κ2) is 4.16. The van der Waals surface area contributed by atoms with Crippen molar-refractivity contribution in [1.29, 1.82) is 0 Å². The molecule has 1 amide bonds. The van der Waals surface area contributed by atoms with Crippen molar-refractivity contribution in [3.8, 4) is 0 Å². The predicted octanol–water partition coefficient (Wildman–Crippen LogP) is 1.74. The van der Waals surface area contributed by atoms with Crippen LogP contribution in [0.5, 0.6) is 0 Å². The molecule has 1 saturated heterocycles. The fourth-order valence-electron chi connectivity index (χ4n) is 1.29. The largest absolute Gasteiger partial charge is 0.334 e. The molecule has 0 aliphatic carbocycles. The van der Waals surface area contributed by atoms with Gasteiger partial charge in [0.25, 0.3) is 0 Å². The fraction of sp³-hybridized carbons (Fsp3) is 0.556. The number of hydrogen-bond donors (Lipinski definition) is 0. The number of rotatable bonds is 2. The molecule has 1 aliphatic heterocycles. The van der Waals surface area contributed by atoms with Crippen molar-refractivity contribution >= 4 is 5.91 Å². The van der Waals surface area contributed by atoms with Crippen molar-refractivity contribution in [3.63, 3.8) is 0 Å². The van der Waals surface area contributed by atoms with Crippen LogP contribution in [0.3, 0.4) is 0 Å². The molecule has 0 unspecified atom stereocenters. The Hall–Kier alpha value is -0.790. The first-order chi connectivity index (χ1) is 5.34. The van der Waals surface area contributed by atoms with Gasteiger partial charge in [0, 0.05) is 13.0 Å². The third-order valence-electron chi connectivity index (χ3n) is 1.90. The minimum absolute atomic E-state index is 0.238. The first kappa shape index (κ1) is 8.31. The molecule has 0 saturated carbocycles. The molecule has 1 rings (SSSR count). The van der Waals surface area contributed by atoms with Crippen LogP contribution in [-0.2, 0) is 4.79 Å². The number of hydrogen-bond acceptors (Lipinski definition) is 1. The summed E-state index contributed by atoms with van der Waals surface area (Å²) in [6.07, 6.45) is 5.71. The summed E-state index contributed by atoms with van der Waals surface area (Å²) in [6.45, 7) is 6.21. The summed E-state index contributed by atoms with van der Waals surface area (Å²) in [6, 6.07) is 0. The first-order valence-electron chi connectivity index (χ1n) is 4.10. The lowest BCUT2D eigenvalue weighted by atomic mass is 10.2. The van der Waals surface area contributed by atoms with E-state index in [4.69, 9.17) is 0 Å². The van der Waals surface area contributed by atoms with E-state index in [0.29, 0.717) is 6.42 Å². The maximum atomic E-state index is 11.3. The van der Waals surface area contributed by atoms with Crippen molar-refractivity contribution in [3.05, 3.63) is 19.2 Å². The van der Waals surface area contributed by atoms with Crippen LogP contribution in [0.2, 0.25) is 0 Å². The highest BCUT2D eigenvalue weighted by Gasteiger charge is 2.14. The molecule has 0 aromatic heterocycles. The summed E-state index contributed by atoms with van der Waals surface area (Å²) >= 11 is 0. The zero-order valence-corrected chi connectivity index (χ0v) is 6.75. The molecule has 0 atom stereocenters. The van der Waals surface area contributed by atoms with Gasteiger partial charge in [0.1, 0.15) is 0 Å². The SMILES string of the molecule is C=C[CH]N1CCCCCC1=O. The summed E-state index contributed by atoms with van der Waals surface area (Å²) in [5.41, 5.74) is 0. The molecule has 0 N–H and O–H groups in total. The number of carbonyl (C=O) groups is 1. The normalized spacial score (nSPS) is 19.6. The predicted molar refractivity (Wildman–Crippen MR) is 44.7 cm³/mol. The Morgan fingerprint density at radius 2 is 2.18 bits per heavy atom. The van der Waals surface area contributed by atoms with Gasteiger partial charge < -0.3 is 4.90 Å². The first-order valence-corrected chi connectivity index (χ1v) is 4.10. The lowest BCUT2D eigenvalue weighted by Crippen LogP contribution is -2.26. The van der Waals surface area contributed by atoms with Crippen LogP contribution in [0, 0.1) is 6.54 Å². The average Bonchev–Trinajstić information content (AvgIpc) is 2.18. The lowest BCUT2D eigenvalue weighted by Gasteiger charge is -2.16. The van der Waals surface area contributed by atoms with Crippen molar-refractivity contribution in [2.75, 3.05) is 6.54 Å². The number of carbonyl (C=O) groups excluding carboxylic acids is 1. The molecule has 0 bridgehead atoms. The zero-order chi connectivity index (χ0) is 8.10. The molecule has 2 nitrogen and oxygen atoms in total. The van der Waals surface area contributed by atoms with E-state index in [1.54, 1.807) is 17.5 Å². The van der Waals surface area contributed by atoms with E-state index in [0.717, 1.165) is 19.4 Å². The topological polar surface area (TPSA) is 20.3 Å². The van der Waals surface area contributed by atoms with E-state index in [1.165, 1.54) is 6.42 Å². The van der Waals surface area contributed by atoms with Crippen molar-refractivity contribution < 1.29 is 4.79 Å². The molecule has 1 aliphatic rings. The van der Waals surface area contributed by atoms with Gasteiger partial charge in [0.15, 0.2) is 0 Å². The minimum Gasteiger partial charge on any atom is -0.334 e. The van der Waals surface area contributed by atoms with Gasteiger partial charge in [-0.1, -0.05) is 12.5 Å². The monoisotopic (exact) mass is 152 g/mol. The molecule has 61 valence electrons. The van der Waals surface area contributed by atoms with E-state index in [2.05, 4.69) is 6.58 Å². The van der Waals surface area contributed by atoms with Gasteiger partial charge in [-0.05, 0) is 12.8 Å². The van der Waals surface area contributed by atoms with Crippen molar-refractivity contribution in [1.82, 2.24) is 4.90 Å². The van der Waals surface area contributed by atoms with E-state index < -0.39 is 0 Å². The summed E-state index contributed by atoms with van der Waals surface area (Å²) in [4.78, 5) is 13.0. The van der Waals surface area contributed by atoms with Gasteiger partial charge in [-0.15, -0.1) is 6.58 Å². The summed E-state index contributed by atoms with van der Waals surface area (Å²) in [7, 11) is 0. The van der Waals surface area contributed by atoms with Gasteiger partial charge in [0.2, 0.25) is 5.91 Å². The summed E-state index contributed by atoms with van der Waals surface area (Å²) in [5.74, 6) is 0.238. The smallest absolute Gasteiger partial charge is 0.223 e. The van der Waals surface area contributed by atoms with Crippen LogP contribution in [0.25, 0.3) is 0 Å². The molecule has 1 fully saturated rings. The maximum absolute atomic E-state index is 11.3. The van der Waals surface area contributed by atoms with Gasteiger partial charge in [-0.25, -0.2) is 0 Å². The standard InChI is InChI=1S/C9H14NO/c1-2-7-10-8-5-3-4-6-9(10)11/h2,7H,1,3-6,8H2. The highest BCUT2D eigenvalue weighted by atomic mass is 16.2. The second-order valence-corrected chi connectivity index (χ2v) is 2.78. The Morgan fingerprint density at radius 3 is 2.91 bits per heavy atom. The van der Waals surface area contributed by atoms with Gasteiger partial charge >= 0.3 is 0 Å². The van der Waals surface area contributed by atoms with E-state index in [9.17, 15) is 4.79 Å². The molecule has 2 heteroatoms. The van der Waals surface area contributed by atoms with Crippen LogP contribution in [0.1, 0.15) is 25.7 Å². The Morgan fingerprint density at radius 1 is 1.36 bits per heavy atom. The van der Waals surface area contributed by atoms with Gasteiger partial charge in [0.05, 0.1) is 6.54 Å². The highest BCUT2D eigenvalue weighted by molar-refractivity contribution is 5.77. The third-order valence-corrected chi connectivity index (χ3v) is 1.90. The molecule has 1 radical (unpaired) electrons. The van der Waals surface area contributed by atoms with Crippen LogP contribution >= 0.6 is 0 Å². The average molecular weight is 152 g/mol. The van der Waals surface area contributed by atoms with Crippen molar-refractivity contribution in [2.45, 2.75) is 25.7 Å². The van der Waals surface area contributed by atoms with Crippen LogP contribution in [-0.4, -0.2) is 17.4 Å². The van der Waals surface area contributed by atoms with Gasteiger partial charge in [-0.3, -0.25) is 4.79 Å². The van der Waals surface area contributed by atoms with Crippen LogP contribution in [0.4, 0.5) is 0 Å². The summed E-state index contributed by atoms with van der Waals surface area (Å²) in [5, 5.41) is 0. The molecular weight excluding hydrogens is 138 g/mol. The molecule has 0 aromatic carbocycles. The van der Waals surface area contributed by atoms with Crippen LogP contribution < -0.4 is 0 Å². The number of amides is 1. The van der Waals surface area contributed by atoms with Crippen LogP contribution in [0.15, 0.2) is 12.7 Å². The van der Waals surface area contributed by atoms with E-state index in [1.807, 2.05) is 0 Å². The number of likely N-dealkylation sites (tertiary alicyclic amines) is 1. The summed E-state index contributed by atoms with van der Waals surface area (Å²) < 4.78 is 0. The highest BCUT2D eigenvalue weighted by Crippen LogP contribution is 2.11. The Bertz CT molecular complexity index is 154. The Balaban J connectivity index is 2.45. The van der Waals surface area contributed by atoms with Crippen molar-refractivity contribution in [2.24, 2.45) is 0 Å². The third kappa shape index (κ3) is 2.37. The zero-order valence-electron chi connectivity index (χ0n) is 6.75.